The lowest BCUT2D eigenvalue weighted by Gasteiger charge is -2.39. The maximum Gasteiger partial charge on any atom is 0.241 e. The highest BCUT2D eigenvalue weighted by Gasteiger charge is 2.30. The summed E-state index contributed by atoms with van der Waals surface area (Å²) in [4.78, 5) is 5.02. The number of hydrogen-bond donors (Lipinski definition) is 1. The zero-order valence-corrected chi connectivity index (χ0v) is 22.0. The molecule has 1 aliphatic heterocycles. The maximum absolute atomic E-state index is 13.4. The highest BCUT2D eigenvalue weighted by atomic mass is 32.2. The number of furan rings is 1. The van der Waals surface area contributed by atoms with Gasteiger partial charge in [-0.2, -0.15) is 0 Å². The predicted octanol–water partition coefficient (Wildman–Crippen LogP) is 4.36. The van der Waals surface area contributed by atoms with Crippen LogP contribution in [0.4, 0.5) is 5.69 Å². The van der Waals surface area contributed by atoms with Gasteiger partial charge in [-0.05, 0) is 86.3 Å². The van der Waals surface area contributed by atoms with E-state index in [1.165, 1.54) is 0 Å². The fraction of sp³-hybridized carbons (Fsp3) is 0.407. The van der Waals surface area contributed by atoms with Crippen LogP contribution in [0.1, 0.15) is 34.1 Å². The topological polar surface area (TPSA) is 75.0 Å². The van der Waals surface area contributed by atoms with E-state index in [1.807, 2.05) is 58.0 Å². The molecule has 1 aliphatic rings. The van der Waals surface area contributed by atoms with E-state index in [-0.39, 0.29) is 12.6 Å². The first kappa shape index (κ1) is 25.3. The number of rotatable bonds is 8. The second-order valence-corrected chi connectivity index (χ2v) is 10.9. The molecule has 1 saturated heterocycles. The molecule has 0 amide bonds. The SMILES string of the molecule is COc1ccc(N2CCN(C(CNS(=O)(=O)c3c(C)c(C)cc(C)c3C)c3ccco3)CC2)cc1. The number of nitrogens with zero attached hydrogens (tertiary/aromatic N) is 2. The molecule has 1 unspecified atom stereocenters. The van der Waals surface area contributed by atoms with E-state index >= 15 is 0 Å². The summed E-state index contributed by atoms with van der Waals surface area (Å²) in [6, 6.07) is 13.7. The minimum absolute atomic E-state index is 0.190. The Morgan fingerprint density at radius 1 is 0.971 bits per heavy atom. The highest BCUT2D eigenvalue weighted by Crippen LogP contribution is 2.28. The molecule has 1 aromatic heterocycles. The molecule has 3 aromatic rings. The Balaban J connectivity index is 1.50. The molecule has 2 heterocycles. The van der Waals surface area contributed by atoms with Crippen molar-refractivity contribution in [1.82, 2.24) is 9.62 Å². The van der Waals surface area contributed by atoms with Crippen LogP contribution in [0.5, 0.6) is 5.75 Å². The summed E-state index contributed by atoms with van der Waals surface area (Å²) in [7, 11) is -2.03. The molecule has 0 saturated carbocycles. The quantitative estimate of drug-likeness (QED) is 0.498. The minimum Gasteiger partial charge on any atom is -0.497 e. The zero-order chi connectivity index (χ0) is 25.2. The molecule has 0 radical (unpaired) electrons. The molecule has 4 rings (SSSR count). The zero-order valence-electron chi connectivity index (χ0n) is 21.2. The van der Waals surface area contributed by atoms with Crippen LogP contribution >= 0.6 is 0 Å². The second kappa shape index (κ2) is 10.4. The Labute approximate surface area is 208 Å². The van der Waals surface area contributed by atoms with Crippen LogP contribution in [-0.4, -0.2) is 53.2 Å². The summed E-state index contributed by atoms with van der Waals surface area (Å²) < 4.78 is 40.8. The molecule has 1 fully saturated rings. The monoisotopic (exact) mass is 497 g/mol. The lowest BCUT2D eigenvalue weighted by atomic mass is 10.0. The van der Waals surface area contributed by atoms with Crippen LogP contribution in [0.25, 0.3) is 0 Å². The molecular formula is C27H35N3O4S. The third-order valence-electron chi connectivity index (χ3n) is 7.10. The van der Waals surface area contributed by atoms with E-state index in [4.69, 9.17) is 9.15 Å². The summed E-state index contributed by atoms with van der Waals surface area (Å²) in [5, 5.41) is 0. The number of nitrogens with one attached hydrogen (secondary N) is 1. The lowest BCUT2D eigenvalue weighted by molar-refractivity contribution is 0.166. The molecule has 7 nitrogen and oxygen atoms in total. The van der Waals surface area contributed by atoms with Gasteiger partial charge in [0, 0.05) is 38.4 Å². The van der Waals surface area contributed by atoms with Gasteiger partial charge in [-0.1, -0.05) is 6.07 Å². The van der Waals surface area contributed by atoms with E-state index in [0.29, 0.717) is 4.90 Å². The summed E-state index contributed by atoms with van der Waals surface area (Å²) in [6.07, 6.45) is 1.64. The van der Waals surface area contributed by atoms with Crippen molar-refractivity contribution in [1.29, 1.82) is 0 Å². The van der Waals surface area contributed by atoms with E-state index in [1.54, 1.807) is 13.4 Å². The van der Waals surface area contributed by atoms with Gasteiger partial charge in [-0.25, -0.2) is 13.1 Å². The van der Waals surface area contributed by atoms with Crippen LogP contribution in [-0.2, 0) is 10.0 Å². The number of piperazine rings is 1. The Morgan fingerprint density at radius 3 is 2.14 bits per heavy atom. The standard InChI is InChI=1S/C27H35N3O4S/c1-19-17-20(2)22(4)27(21(19)3)35(31,32)28-18-25(26-7-6-16-34-26)30-14-12-29(13-15-30)23-8-10-24(33-5)11-9-23/h6-11,16-17,25,28H,12-15,18H2,1-5H3. The molecule has 2 aromatic carbocycles. The molecule has 0 aliphatic carbocycles. The van der Waals surface area contributed by atoms with E-state index < -0.39 is 10.0 Å². The molecular weight excluding hydrogens is 462 g/mol. The Morgan fingerprint density at radius 2 is 1.60 bits per heavy atom. The number of hydrogen-bond acceptors (Lipinski definition) is 6. The summed E-state index contributed by atoms with van der Waals surface area (Å²) in [6.45, 7) is 11.2. The van der Waals surface area contributed by atoms with Gasteiger partial charge in [0.1, 0.15) is 11.5 Å². The van der Waals surface area contributed by atoms with Crippen molar-refractivity contribution in [2.75, 3.05) is 44.7 Å². The normalized spacial score (nSPS) is 15.9. The fourth-order valence-corrected chi connectivity index (χ4v) is 6.47. The van der Waals surface area contributed by atoms with Gasteiger partial charge >= 0.3 is 0 Å². The molecule has 1 N–H and O–H groups in total. The number of benzene rings is 2. The average molecular weight is 498 g/mol. The first-order valence-electron chi connectivity index (χ1n) is 11.9. The highest BCUT2D eigenvalue weighted by molar-refractivity contribution is 7.89. The molecule has 35 heavy (non-hydrogen) atoms. The van der Waals surface area contributed by atoms with Gasteiger partial charge in [-0.15, -0.1) is 0 Å². The summed E-state index contributed by atoms with van der Waals surface area (Å²) in [5.41, 5.74) is 4.70. The molecule has 0 bridgehead atoms. The van der Waals surface area contributed by atoms with Gasteiger partial charge in [0.05, 0.1) is 24.3 Å². The van der Waals surface area contributed by atoms with Crippen molar-refractivity contribution in [3.05, 3.63) is 76.7 Å². The molecule has 8 heteroatoms. The number of ether oxygens (including phenoxy) is 1. The van der Waals surface area contributed by atoms with E-state index in [9.17, 15) is 8.42 Å². The van der Waals surface area contributed by atoms with E-state index in [2.05, 4.69) is 26.7 Å². The minimum atomic E-state index is -3.69. The maximum atomic E-state index is 13.4. The molecule has 1 atom stereocenters. The third-order valence-corrected chi connectivity index (χ3v) is 8.79. The smallest absolute Gasteiger partial charge is 0.241 e. The second-order valence-electron chi connectivity index (χ2n) is 9.19. The van der Waals surface area contributed by atoms with Crippen molar-refractivity contribution in [3.8, 4) is 5.75 Å². The van der Waals surface area contributed by atoms with Gasteiger partial charge in [-0.3, -0.25) is 4.90 Å². The Hall–Kier alpha value is -2.81. The largest absolute Gasteiger partial charge is 0.497 e. The van der Waals surface area contributed by atoms with Crippen molar-refractivity contribution >= 4 is 15.7 Å². The van der Waals surface area contributed by atoms with Gasteiger partial charge < -0.3 is 14.1 Å². The Kier molecular flexibility index (Phi) is 7.54. The summed E-state index contributed by atoms with van der Waals surface area (Å²) >= 11 is 0. The number of sulfonamides is 1. The van der Waals surface area contributed by atoms with Gasteiger partial charge in [0.2, 0.25) is 10.0 Å². The third kappa shape index (κ3) is 5.39. The average Bonchev–Trinajstić information content (AvgIpc) is 3.38. The number of methoxy groups -OCH3 is 1. The predicted molar refractivity (Wildman–Crippen MR) is 139 cm³/mol. The fourth-order valence-electron chi connectivity index (χ4n) is 4.82. The van der Waals surface area contributed by atoms with Gasteiger partial charge in [0.25, 0.3) is 0 Å². The van der Waals surface area contributed by atoms with E-state index in [0.717, 1.165) is 65.6 Å². The van der Waals surface area contributed by atoms with Gasteiger partial charge in [0.15, 0.2) is 0 Å². The Bertz CT molecular complexity index is 1220. The number of aryl methyl sites for hydroxylation is 2. The van der Waals surface area contributed by atoms with Crippen molar-refractivity contribution in [2.45, 2.75) is 38.6 Å². The van der Waals surface area contributed by atoms with Crippen LogP contribution < -0.4 is 14.4 Å². The molecule has 188 valence electrons. The van der Waals surface area contributed by atoms with Crippen molar-refractivity contribution in [2.24, 2.45) is 0 Å². The van der Waals surface area contributed by atoms with Crippen LogP contribution in [0.3, 0.4) is 0 Å². The first-order chi connectivity index (χ1) is 16.7. The number of anilines is 1. The molecule has 0 spiro atoms. The van der Waals surface area contributed by atoms with Crippen LogP contribution in [0.2, 0.25) is 0 Å². The lowest BCUT2D eigenvalue weighted by Crippen LogP contribution is -2.49. The first-order valence-corrected chi connectivity index (χ1v) is 13.4. The van der Waals surface area contributed by atoms with Crippen molar-refractivity contribution in [3.63, 3.8) is 0 Å². The van der Waals surface area contributed by atoms with Crippen molar-refractivity contribution < 1.29 is 17.6 Å². The summed E-state index contributed by atoms with van der Waals surface area (Å²) in [5.74, 6) is 1.60. The van der Waals surface area contributed by atoms with Crippen LogP contribution in [0, 0.1) is 27.7 Å². The van der Waals surface area contributed by atoms with Crippen LogP contribution in [0.15, 0.2) is 58.0 Å².